The summed E-state index contributed by atoms with van der Waals surface area (Å²) in [6.45, 7) is 7.85. The van der Waals surface area contributed by atoms with E-state index in [1.165, 1.54) is 0 Å². The van der Waals surface area contributed by atoms with Crippen LogP contribution in [0.5, 0.6) is 0 Å². The average molecular weight is 374 g/mol. The zero-order valence-electron chi connectivity index (χ0n) is 16.6. The summed E-state index contributed by atoms with van der Waals surface area (Å²) in [5.74, 6) is 0. The maximum Gasteiger partial charge on any atom is 0.410 e. The number of carbonyl (C=O) groups excluding carboxylic acids is 2. The van der Waals surface area contributed by atoms with Gasteiger partial charge in [0.2, 0.25) is 0 Å². The Bertz CT molecular complexity index is 661. The highest BCUT2D eigenvalue weighted by Crippen LogP contribution is 2.39. The van der Waals surface area contributed by atoms with E-state index in [9.17, 15) is 9.59 Å². The third-order valence-electron chi connectivity index (χ3n) is 5.37. The SMILES string of the molecule is CC(C)(C)OC(=O)N1CCC2(CCCN2C(=O)OCc2ccccc2)CC1. The molecule has 2 saturated heterocycles. The van der Waals surface area contributed by atoms with Gasteiger partial charge >= 0.3 is 12.2 Å². The van der Waals surface area contributed by atoms with Gasteiger partial charge in [0.1, 0.15) is 12.2 Å². The van der Waals surface area contributed by atoms with E-state index in [1.54, 1.807) is 4.90 Å². The summed E-state index contributed by atoms with van der Waals surface area (Å²) in [7, 11) is 0. The Morgan fingerprint density at radius 2 is 1.67 bits per heavy atom. The number of ether oxygens (including phenoxy) is 2. The van der Waals surface area contributed by atoms with Gasteiger partial charge in [-0.2, -0.15) is 0 Å². The van der Waals surface area contributed by atoms with Crippen LogP contribution in [0.1, 0.15) is 52.0 Å². The number of amides is 2. The molecule has 0 atom stereocenters. The lowest BCUT2D eigenvalue weighted by atomic mass is 9.85. The summed E-state index contributed by atoms with van der Waals surface area (Å²) in [4.78, 5) is 28.6. The Morgan fingerprint density at radius 1 is 1.00 bits per heavy atom. The lowest BCUT2D eigenvalue weighted by molar-refractivity contribution is 0.00157. The van der Waals surface area contributed by atoms with Gasteiger partial charge in [-0.15, -0.1) is 0 Å². The van der Waals surface area contributed by atoms with Crippen LogP contribution in [-0.2, 0) is 16.1 Å². The third kappa shape index (κ3) is 4.73. The number of hydrogen-bond acceptors (Lipinski definition) is 4. The third-order valence-corrected chi connectivity index (χ3v) is 5.37. The second-order valence-corrected chi connectivity index (χ2v) is 8.49. The van der Waals surface area contributed by atoms with E-state index >= 15 is 0 Å². The number of likely N-dealkylation sites (tertiary alicyclic amines) is 2. The van der Waals surface area contributed by atoms with Crippen molar-refractivity contribution in [1.82, 2.24) is 9.80 Å². The number of hydrogen-bond donors (Lipinski definition) is 0. The van der Waals surface area contributed by atoms with Crippen LogP contribution >= 0.6 is 0 Å². The summed E-state index contributed by atoms with van der Waals surface area (Å²) in [6, 6.07) is 9.72. The molecule has 6 nitrogen and oxygen atoms in total. The van der Waals surface area contributed by atoms with Crippen LogP contribution < -0.4 is 0 Å². The van der Waals surface area contributed by atoms with Crippen LogP contribution in [0.3, 0.4) is 0 Å². The van der Waals surface area contributed by atoms with Crippen molar-refractivity contribution in [3.8, 4) is 0 Å². The fraction of sp³-hybridized carbons (Fsp3) is 0.619. The number of benzene rings is 1. The molecule has 3 rings (SSSR count). The number of nitrogens with zero attached hydrogens (tertiary/aromatic N) is 2. The lowest BCUT2D eigenvalue weighted by Gasteiger charge is -2.44. The molecule has 2 amide bonds. The van der Waals surface area contributed by atoms with Crippen LogP contribution in [0.15, 0.2) is 30.3 Å². The van der Waals surface area contributed by atoms with Gasteiger partial charge in [0, 0.05) is 25.2 Å². The molecule has 0 radical (unpaired) electrons. The Balaban J connectivity index is 1.56. The summed E-state index contributed by atoms with van der Waals surface area (Å²) in [6.07, 6.45) is 2.97. The van der Waals surface area contributed by atoms with E-state index in [4.69, 9.17) is 9.47 Å². The molecule has 0 unspecified atom stereocenters. The van der Waals surface area contributed by atoms with Gasteiger partial charge in [-0.05, 0) is 52.0 Å². The fourth-order valence-electron chi connectivity index (χ4n) is 3.97. The highest BCUT2D eigenvalue weighted by atomic mass is 16.6. The van der Waals surface area contributed by atoms with Crippen molar-refractivity contribution in [2.75, 3.05) is 19.6 Å². The van der Waals surface area contributed by atoms with Crippen molar-refractivity contribution in [1.29, 1.82) is 0 Å². The molecule has 6 heteroatoms. The fourth-order valence-corrected chi connectivity index (χ4v) is 3.97. The van der Waals surface area contributed by atoms with E-state index < -0.39 is 5.60 Å². The molecule has 148 valence electrons. The van der Waals surface area contributed by atoms with Crippen molar-refractivity contribution >= 4 is 12.2 Å². The Labute approximate surface area is 161 Å². The summed E-state index contributed by atoms with van der Waals surface area (Å²) in [5.41, 5.74) is 0.304. The normalized spacial score (nSPS) is 19.2. The molecule has 2 heterocycles. The van der Waals surface area contributed by atoms with Crippen LogP contribution in [0.4, 0.5) is 9.59 Å². The van der Waals surface area contributed by atoms with Crippen molar-refractivity contribution in [2.24, 2.45) is 0 Å². The molecule has 0 aromatic heterocycles. The molecule has 2 aliphatic heterocycles. The minimum absolute atomic E-state index is 0.188. The van der Waals surface area contributed by atoms with Gasteiger partial charge in [0.25, 0.3) is 0 Å². The van der Waals surface area contributed by atoms with Gasteiger partial charge in [0.15, 0.2) is 0 Å². The molecule has 1 aromatic rings. The second kappa shape index (κ2) is 7.79. The monoisotopic (exact) mass is 374 g/mol. The first-order valence-electron chi connectivity index (χ1n) is 9.75. The van der Waals surface area contributed by atoms with Crippen LogP contribution in [0.2, 0.25) is 0 Å². The largest absolute Gasteiger partial charge is 0.445 e. The van der Waals surface area contributed by atoms with Gasteiger partial charge in [0.05, 0.1) is 0 Å². The summed E-state index contributed by atoms with van der Waals surface area (Å²) in [5, 5.41) is 0. The summed E-state index contributed by atoms with van der Waals surface area (Å²) >= 11 is 0. The first kappa shape index (κ1) is 19.5. The minimum Gasteiger partial charge on any atom is -0.445 e. The average Bonchev–Trinajstić information content (AvgIpc) is 3.03. The maximum absolute atomic E-state index is 12.7. The van der Waals surface area contributed by atoms with Gasteiger partial charge in [-0.25, -0.2) is 9.59 Å². The first-order chi connectivity index (χ1) is 12.8. The second-order valence-electron chi connectivity index (χ2n) is 8.49. The van der Waals surface area contributed by atoms with Crippen molar-refractivity contribution in [3.63, 3.8) is 0 Å². The van der Waals surface area contributed by atoms with Crippen LogP contribution in [-0.4, -0.2) is 52.8 Å². The van der Waals surface area contributed by atoms with E-state index in [1.807, 2.05) is 56.0 Å². The van der Waals surface area contributed by atoms with E-state index in [0.717, 1.165) is 37.8 Å². The predicted octanol–water partition coefficient (Wildman–Crippen LogP) is 4.19. The van der Waals surface area contributed by atoms with E-state index in [2.05, 4.69) is 0 Å². The zero-order valence-corrected chi connectivity index (χ0v) is 16.6. The smallest absolute Gasteiger partial charge is 0.410 e. The Hall–Kier alpha value is -2.24. The minimum atomic E-state index is -0.493. The Kier molecular flexibility index (Phi) is 5.63. The molecule has 0 saturated carbocycles. The zero-order chi connectivity index (χ0) is 19.5. The van der Waals surface area contributed by atoms with Crippen LogP contribution in [0.25, 0.3) is 0 Å². The molecule has 1 aromatic carbocycles. The number of piperidine rings is 1. The van der Waals surface area contributed by atoms with Crippen molar-refractivity contribution in [2.45, 2.75) is 64.2 Å². The molecular weight excluding hydrogens is 344 g/mol. The molecule has 2 aliphatic rings. The van der Waals surface area contributed by atoms with Crippen molar-refractivity contribution < 1.29 is 19.1 Å². The van der Waals surface area contributed by atoms with Crippen LogP contribution in [0, 0.1) is 0 Å². The highest BCUT2D eigenvalue weighted by Gasteiger charge is 2.47. The van der Waals surface area contributed by atoms with Crippen molar-refractivity contribution in [3.05, 3.63) is 35.9 Å². The molecule has 0 bridgehead atoms. The van der Waals surface area contributed by atoms with Gasteiger partial charge in [-0.1, -0.05) is 30.3 Å². The summed E-state index contributed by atoms with van der Waals surface area (Å²) < 4.78 is 11.0. The highest BCUT2D eigenvalue weighted by molar-refractivity contribution is 5.70. The van der Waals surface area contributed by atoms with Gasteiger partial charge < -0.3 is 19.3 Å². The van der Waals surface area contributed by atoms with E-state index in [-0.39, 0.29) is 24.3 Å². The predicted molar refractivity (Wildman–Crippen MR) is 102 cm³/mol. The standard InChI is InChI=1S/C21H30N2O4/c1-20(2,3)27-18(24)22-14-11-21(12-15-22)10-7-13-23(21)19(25)26-16-17-8-5-4-6-9-17/h4-6,8-9H,7,10-16H2,1-3H3. The lowest BCUT2D eigenvalue weighted by Crippen LogP contribution is -2.55. The molecule has 0 aliphatic carbocycles. The number of rotatable bonds is 2. The molecule has 1 spiro atoms. The number of carbonyl (C=O) groups is 2. The molecule has 0 N–H and O–H groups in total. The molecule has 2 fully saturated rings. The Morgan fingerprint density at radius 3 is 2.30 bits per heavy atom. The maximum atomic E-state index is 12.7. The quantitative estimate of drug-likeness (QED) is 0.779. The molecule has 27 heavy (non-hydrogen) atoms. The van der Waals surface area contributed by atoms with Gasteiger partial charge in [-0.3, -0.25) is 0 Å². The van der Waals surface area contributed by atoms with E-state index in [0.29, 0.717) is 13.1 Å². The topological polar surface area (TPSA) is 59.1 Å². The first-order valence-corrected chi connectivity index (χ1v) is 9.75. The molecular formula is C21H30N2O4.